The average molecular weight is 190 g/mol. The Kier molecular flexibility index (Phi) is 2.93. The molecule has 3 heteroatoms. The number of rotatable bonds is 2. The molecule has 62 valence electrons. The lowest BCUT2D eigenvalue weighted by molar-refractivity contribution is 0.521. The molecule has 1 rings (SSSR count). The number of hydrogen-bond acceptors (Lipinski definition) is 2. The minimum Gasteiger partial charge on any atom is -0.323 e. The van der Waals surface area contributed by atoms with Gasteiger partial charge in [0.05, 0.1) is 4.34 Å². The standard InChI is InChI=1S/C8H12ClNS/c1-5(2)8(10)6-3-4-7(9)11-6/h3-5,8H,10H2,1-2H3/t8-/m0/s1. The van der Waals surface area contributed by atoms with Gasteiger partial charge in [0.1, 0.15) is 0 Å². The molecule has 11 heavy (non-hydrogen) atoms. The van der Waals surface area contributed by atoms with E-state index in [9.17, 15) is 0 Å². The summed E-state index contributed by atoms with van der Waals surface area (Å²) in [6.07, 6.45) is 0. The van der Waals surface area contributed by atoms with Crippen LogP contribution in [0.5, 0.6) is 0 Å². The zero-order valence-corrected chi connectivity index (χ0v) is 8.25. The molecule has 2 N–H and O–H groups in total. The highest BCUT2D eigenvalue weighted by molar-refractivity contribution is 7.16. The maximum Gasteiger partial charge on any atom is 0.0931 e. The van der Waals surface area contributed by atoms with E-state index in [1.54, 1.807) is 11.3 Å². The molecule has 0 aliphatic carbocycles. The van der Waals surface area contributed by atoms with Crippen molar-refractivity contribution in [2.24, 2.45) is 11.7 Å². The Labute approximate surface area is 76.2 Å². The Morgan fingerprint density at radius 2 is 2.09 bits per heavy atom. The van der Waals surface area contributed by atoms with Crippen LogP contribution >= 0.6 is 22.9 Å². The predicted octanol–water partition coefficient (Wildman–Crippen LogP) is 3.06. The predicted molar refractivity (Wildman–Crippen MR) is 51.1 cm³/mol. The van der Waals surface area contributed by atoms with Crippen LogP contribution in [-0.4, -0.2) is 0 Å². The lowest BCUT2D eigenvalue weighted by Gasteiger charge is -2.12. The molecule has 0 saturated carbocycles. The Morgan fingerprint density at radius 3 is 2.45 bits per heavy atom. The van der Waals surface area contributed by atoms with Crippen molar-refractivity contribution in [3.05, 3.63) is 21.3 Å². The van der Waals surface area contributed by atoms with Crippen LogP contribution in [0.25, 0.3) is 0 Å². The second-order valence-corrected chi connectivity index (χ2v) is 4.66. The molecule has 0 unspecified atom stereocenters. The molecular formula is C8H12ClNS. The van der Waals surface area contributed by atoms with Crippen LogP contribution in [0, 0.1) is 5.92 Å². The van der Waals surface area contributed by atoms with E-state index in [0.717, 1.165) is 4.34 Å². The monoisotopic (exact) mass is 189 g/mol. The number of halogens is 1. The maximum atomic E-state index is 5.90. The summed E-state index contributed by atoms with van der Waals surface area (Å²) >= 11 is 7.34. The second-order valence-electron chi connectivity index (χ2n) is 2.91. The summed E-state index contributed by atoms with van der Waals surface area (Å²) in [6.45, 7) is 4.22. The van der Waals surface area contributed by atoms with Crippen molar-refractivity contribution in [2.45, 2.75) is 19.9 Å². The number of thiophene rings is 1. The molecule has 0 aromatic carbocycles. The highest BCUT2D eigenvalue weighted by Gasteiger charge is 2.11. The van der Waals surface area contributed by atoms with Gasteiger partial charge in [0.25, 0.3) is 0 Å². The molecule has 0 bridgehead atoms. The Hall–Kier alpha value is -0.0500. The summed E-state index contributed by atoms with van der Waals surface area (Å²) in [6, 6.07) is 4.02. The molecule has 0 radical (unpaired) electrons. The fourth-order valence-electron chi connectivity index (χ4n) is 0.836. The lowest BCUT2D eigenvalue weighted by atomic mass is 10.0. The third-order valence-corrected chi connectivity index (χ3v) is 2.97. The fraction of sp³-hybridized carbons (Fsp3) is 0.500. The van der Waals surface area contributed by atoms with Gasteiger partial charge in [-0.3, -0.25) is 0 Å². The van der Waals surface area contributed by atoms with Crippen molar-refractivity contribution in [1.29, 1.82) is 0 Å². The van der Waals surface area contributed by atoms with Crippen LogP contribution in [-0.2, 0) is 0 Å². The first-order chi connectivity index (χ1) is 5.11. The van der Waals surface area contributed by atoms with E-state index in [4.69, 9.17) is 17.3 Å². The lowest BCUT2D eigenvalue weighted by Crippen LogP contribution is -2.14. The van der Waals surface area contributed by atoms with Crippen molar-refractivity contribution in [3.63, 3.8) is 0 Å². The molecule has 1 nitrogen and oxygen atoms in total. The van der Waals surface area contributed by atoms with Crippen LogP contribution in [0.1, 0.15) is 24.8 Å². The van der Waals surface area contributed by atoms with Gasteiger partial charge < -0.3 is 5.73 Å². The molecule has 0 aliphatic rings. The number of hydrogen-bond donors (Lipinski definition) is 1. The van der Waals surface area contributed by atoms with Crippen LogP contribution in [0.4, 0.5) is 0 Å². The van der Waals surface area contributed by atoms with Crippen molar-refractivity contribution in [2.75, 3.05) is 0 Å². The minimum absolute atomic E-state index is 0.132. The highest BCUT2D eigenvalue weighted by Crippen LogP contribution is 2.28. The zero-order valence-electron chi connectivity index (χ0n) is 6.67. The van der Waals surface area contributed by atoms with Gasteiger partial charge in [-0.1, -0.05) is 25.4 Å². The quantitative estimate of drug-likeness (QED) is 0.761. The molecule has 1 heterocycles. The maximum absolute atomic E-state index is 5.90. The van der Waals surface area contributed by atoms with E-state index >= 15 is 0 Å². The van der Waals surface area contributed by atoms with Crippen LogP contribution < -0.4 is 5.73 Å². The zero-order chi connectivity index (χ0) is 8.43. The van der Waals surface area contributed by atoms with Gasteiger partial charge in [-0.15, -0.1) is 11.3 Å². The number of nitrogens with two attached hydrogens (primary N) is 1. The SMILES string of the molecule is CC(C)[C@H](N)c1ccc(Cl)s1. The van der Waals surface area contributed by atoms with Gasteiger partial charge in [0.15, 0.2) is 0 Å². The molecule has 1 atom stereocenters. The molecule has 0 amide bonds. The molecule has 0 saturated heterocycles. The van der Waals surface area contributed by atoms with Gasteiger partial charge in [-0.25, -0.2) is 0 Å². The van der Waals surface area contributed by atoms with Crippen molar-refractivity contribution in [3.8, 4) is 0 Å². The largest absolute Gasteiger partial charge is 0.323 e. The van der Waals surface area contributed by atoms with E-state index in [1.165, 1.54) is 4.88 Å². The van der Waals surface area contributed by atoms with E-state index in [1.807, 2.05) is 12.1 Å². The Balaban J connectivity index is 2.76. The van der Waals surface area contributed by atoms with E-state index in [-0.39, 0.29) is 6.04 Å². The highest BCUT2D eigenvalue weighted by atomic mass is 35.5. The van der Waals surface area contributed by atoms with Crippen molar-refractivity contribution < 1.29 is 0 Å². The first-order valence-electron chi connectivity index (χ1n) is 3.62. The summed E-state index contributed by atoms with van der Waals surface area (Å²) in [5.74, 6) is 0.477. The van der Waals surface area contributed by atoms with Gasteiger partial charge in [0, 0.05) is 10.9 Å². The second kappa shape index (κ2) is 3.57. The van der Waals surface area contributed by atoms with Crippen LogP contribution in [0.3, 0.4) is 0 Å². The van der Waals surface area contributed by atoms with Gasteiger partial charge in [0.2, 0.25) is 0 Å². The summed E-state index contributed by atoms with van der Waals surface area (Å²) in [4.78, 5) is 1.17. The topological polar surface area (TPSA) is 26.0 Å². The van der Waals surface area contributed by atoms with E-state index < -0.39 is 0 Å². The summed E-state index contributed by atoms with van der Waals surface area (Å²) in [7, 11) is 0. The Morgan fingerprint density at radius 1 is 1.45 bits per heavy atom. The third kappa shape index (κ3) is 2.19. The molecule has 1 aromatic rings. The van der Waals surface area contributed by atoms with Crippen LogP contribution in [0.2, 0.25) is 4.34 Å². The molecule has 0 fully saturated rings. The Bertz CT molecular complexity index is 232. The van der Waals surface area contributed by atoms with Gasteiger partial charge >= 0.3 is 0 Å². The molecule has 0 spiro atoms. The van der Waals surface area contributed by atoms with Crippen molar-refractivity contribution >= 4 is 22.9 Å². The first kappa shape index (κ1) is 9.04. The van der Waals surface area contributed by atoms with Gasteiger partial charge in [-0.05, 0) is 18.1 Å². The third-order valence-electron chi connectivity index (χ3n) is 1.64. The molecule has 1 aromatic heterocycles. The summed E-state index contributed by atoms with van der Waals surface area (Å²) in [5, 5.41) is 0. The normalized spacial score (nSPS) is 13.9. The van der Waals surface area contributed by atoms with Gasteiger partial charge in [-0.2, -0.15) is 0 Å². The average Bonchev–Trinajstić information content (AvgIpc) is 2.34. The minimum atomic E-state index is 0.132. The fourth-order valence-corrected chi connectivity index (χ4v) is 2.07. The first-order valence-corrected chi connectivity index (χ1v) is 4.81. The van der Waals surface area contributed by atoms with E-state index in [0.29, 0.717) is 5.92 Å². The van der Waals surface area contributed by atoms with E-state index in [2.05, 4.69) is 13.8 Å². The molecule has 0 aliphatic heterocycles. The summed E-state index contributed by atoms with van der Waals surface area (Å²) < 4.78 is 0.816. The smallest absolute Gasteiger partial charge is 0.0931 e. The van der Waals surface area contributed by atoms with Crippen LogP contribution in [0.15, 0.2) is 12.1 Å². The summed E-state index contributed by atoms with van der Waals surface area (Å²) in [5.41, 5.74) is 5.90. The van der Waals surface area contributed by atoms with Crippen molar-refractivity contribution in [1.82, 2.24) is 0 Å². The molecular weight excluding hydrogens is 178 g/mol.